The van der Waals surface area contributed by atoms with Gasteiger partial charge in [0.25, 0.3) is 0 Å². The van der Waals surface area contributed by atoms with Crippen molar-refractivity contribution in [3.63, 3.8) is 0 Å². The van der Waals surface area contributed by atoms with Gasteiger partial charge in [0.15, 0.2) is 0 Å². The maximum Gasteiger partial charge on any atom is 0.411 e. The molecule has 1 N–H and O–H groups in total. The summed E-state index contributed by atoms with van der Waals surface area (Å²) in [6, 6.07) is 3.84. The molecule has 0 saturated carbocycles. The zero-order chi connectivity index (χ0) is 15.2. The first-order chi connectivity index (χ1) is 9.29. The Balaban J connectivity index is 2.35. The van der Waals surface area contributed by atoms with E-state index in [-0.39, 0.29) is 6.04 Å². The van der Waals surface area contributed by atoms with Crippen molar-refractivity contribution in [2.75, 3.05) is 33.9 Å². The molecule has 4 nitrogen and oxygen atoms in total. The lowest BCUT2D eigenvalue weighted by Crippen LogP contribution is -2.36. The second kappa shape index (κ2) is 7.61. The normalized spacial score (nSPS) is 13.5. The molecule has 0 aliphatic rings. The van der Waals surface area contributed by atoms with Crippen LogP contribution in [0.15, 0.2) is 17.5 Å². The fourth-order valence-electron chi connectivity index (χ4n) is 1.54. The largest absolute Gasteiger partial charge is 0.411 e. The van der Waals surface area contributed by atoms with Gasteiger partial charge in [0, 0.05) is 11.4 Å². The third-order valence-electron chi connectivity index (χ3n) is 2.49. The molecule has 1 aromatic heterocycles. The molecule has 0 aliphatic heterocycles. The minimum atomic E-state index is -4.41. The zero-order valence-electron chi connectivity index (χ0n) is 11.2. The lowest BCUT2D eigenvalue weighted by molar-refractivity contribution is -0.175. The van der Waals surface area contributed by atoms with Gasteiger partial charge in [0.05, 0.1) is 6.04 Å². The smallest absolute Gasteiger partial charge is 0.362 e. The van der Waals surface area contributed by atoms with Crippen LogP contribution in [-0.2, 0) is 9.53 Å². The Morgan fingerprint density at radius 2 is 2.20 bits per heavy atom. The molecule has 1 amide bonds. The SMILES string of the molecule is CN(C)C(CNC(=O)COCC(F)(F)F)c1cccs1. The summed E-state index contributed by atoms with van der Waals surface area (Å²) in [4.78, 5) is 14.4. The quantitative estimate of drug-likeness (QED) is 0.838. The number of thiophene rings is 1. The van der Waals surface area contributed by atoms with Crippen LogP contribution in [0.3, 0.4) is 0 Å². The molecule has 20 heavy (non-hydrogen) atoms. The molecule has 0 bridgehead atoms. The van der Waals surface area contributed by atoms with Crippen molar-refractivity contribution < 1.29 is 22.7 Å². The molecule has 0 fully saturated rings. The number of alkyl halides is 3. The van der Waals surface area contributed by atoms with E-state index in [1.165, 1.54) is 0 Å². The summed E-state index contributed by atoms with van der Waals surface area (Å²) >= 11 is 1.56. The van der Waals surface area contributed by atoms with Crippen LogP contribution in [0.4, 0.5) is 13.2 Å². The van der Waals surface area contributed by atoms with Crippen molar-refractivity contribution in [3.05, 3.63) is 22.4 Å². The maximum atomic E-state index is 11.8. The number of rotatable bonds is 7. The van der Waals surface area contributed by atoms with Gasteiger partial charge < -0.3 is 15.0 Å². The van der Waals surface area contributed by atoms with Gasteiger partial charge in [0.1, 0.15) is 13.2 Å². The van der Waals surface area contributed by atoms with Crippen molar-refractivity contribution in [2.24, 2.45) is 0 Å². The minimum absolute atomic E-state index is 0.0124. The summed E-state index contributed by atoms with van der Waals surface area (Å²) in [6.07, 6.45) is -4.41. The van der Waals surface area contributed by atoms with E-state index in [4.69, 9.17) is 0 Å². The number of nitrogens with one attached hydrogen (secondary N) is 1. The third kappa shape index (κ3) is 6.36. The second-order valence-electron chi connectivity index (χ2n) is 4.41. The van der Waals surface area contributed by atoms with Crippen LogP contribution in [0.5, 0.6) is 0 Å². The highest BCUT2D eigenvalue weighted by Crippen LogP contribution is 2.22. The number of likely N-dealkylation sites (N-methyl/N-ethyl adjacent to an activating group) is 1. The van der Waals surface area contributed by atoms with E-state index in [9.17, 15) is 18.0 Å². The van der Waals surface area contributed by atoms with Crippen LogP contribution < -0.4 is 5.32 Å². The molecule has 1 aromatic rings. The van der Waals surface area contributed by atoms with Crippen LogP contribution in [0, 0.1) is 0 Å². The Bertz CT molecular complexity index is 407. The molecule has 8 heteroatoms. The van der Waals surface area contributed by atoms with E-state index in [2.05, 4.69) is 10.1 Å². The van der Waals surface area contributed by atoms with E-state index >= 15 is 0 Å². The summed E-state index contributed by atoms with van der Waals surface area (Å²) < 4.78 is 39.8. The van der Waals surface area contributed by atoms with Gasteiger partial charge in [-0.25, -0.2) is 0 Å². The van der Waals surface area contributed by atoms with Crippen molar-refractivity contribution in [2.45, 2.75) is 12.2 Å². The van der Waals surface area contributed by atoms with Crippen LogP contribution in [-0.4, -0.2) is 50.8 Å². The van der Waals surface area contributed by atoms with Gasteiger partial charge >= 0.3 is 6.18 Å². The van der Waals surface area contributed by atoms with E-state index in [0.29, 0.717) is 6.54 Å². The van der Waals surface area contributed by atoms with Crippen LogP contribution >= 0.6 is 11.3 Å². The number of carbonyl (C=O) groups is 1. The van der Waals surface area contributed by atoms with E-state index in [1.807, 2.05) is 36.5 Å². The monoisotopic (exact) mass is 310 g/mol. The molecule has 0 aliphatic carbocycles. The number of halogens is 3. The fraction of sp³-hybridized carbons (Fsp3) is 0.583. The lowest BCUT2D eigenvalue weighted by Gasteiger charge is -2.23. The summed E-state index contributed by atoms with van der Waals surface area (Å²) in [7, 11) is 3.74. The summed E-state index contributed by atoms with van der Waals surface area (Å²) in [6.45, 7) is -1.69. The number of hydrogen-bond acceptors (Lipinski definition) is 4. The van der Waals surface area contributed by atoms with Crippen LogP contribution in [0.2, 0.25) is 0 Å². The Hall–Kier alpha value is -1.12. The van der Waals surface area contributed by atoms with Gasteiger partial charge in [-0.05, 0) is 25.5 Å². The standard InChI is InChI=1S/C12H17F3N2O2S/c1-17(2)9(10-4-3-5-20-10)6-16-11(18)7-19-8-12(13,14)15/h3-5,9H,6-8H2,1-2H3,(H,16,18). The number of hydrogen-bond donors (Lipinski definition) is 1. The van der Waals surface area contributed by atoms with Crippen LogP contribution in [0.25, 0.3) is 0 Å². The average Bonchev–Trinajstić information content (AvgIpc) is 2.80. The molecule has 1 heterocycles. The third-order valence-corrected chi connectivity index (χ3v) is 3.46. The number of amides is 1. The highest BCUT2D eigenvalue weighted by atomic mass is 32.1. The first-order valence-electron chi connectivity index (χ1n) is 5.90. The van der Waals surface area contributed by atoms with Crippen molar-refractivity contribution >= 4 is 17.2 Å². The molecule has 0 spiro atoms. The Morgan fingerprint density at radius 1 is 1.50 bits per heavy atom. The Morgan fingerprint density at radius 3 is 2.70 bits per heavy atom. The fourth-order valence-corrected chi connectivity index (χ4v) is 2.46. The van der Waals surface area contributed by atoms with Gasteiger partial charge in [-0.1, -0.05) is 6.07 Å². The predicted octanol–water partition coefficient (Wildman–Crippen LogP) is 2.05. The summed E-state index contributed by atoms with van der Waals surface area (Å²) in [5.74, 6) is -0.558. The molecule has 1 unspecified atom stereocenters. The molecule has 1 rings (SSSR count). The van der Waals surface area contributed by atoms with Crippen molar-refractivity contribution in [1.29, 1.82) is 0 Å². The van der Waals surface area contributed by atoms with Gasteiger partial charge in [-0.3, -0.25) is 4.79 Å². The minimum Gasteiger partial charge on any atom is -0.362 e. The van der Waals surface area contributed by atoms with E-state index < -0.39 is 25.3 Å². The highest BCUT2D eigenvalue weighted by Gasteiger charge is 2.27. The number of nitrogens with zero attached hydrogens (tertiary/aromatic N) is 1. The lowest BCUT2D eigenvalue weighted by atomic mass is 10.2. The molecular formula is C12H17F3N2O2S. The van der Waals surface area contributed by atoms with Gasteiger partial charge in [0.2, 0.25) is 5.91 Å². The van der Waals surface area contributed by atoms with Crippen molar-refractivity contribution in [1.82, 2.24) is 10.2 Å². The summed E-state index contributed by atoms with van der Waals surface area (Å²) in [5.41, 5.74) is 0. The van der Waals surface area contributed by atoms with E-state index in [1.54, 1.807) is 11.3 Å². The molecule has 114 valence electrons. The number of ether oxygens (including phenoxy) is 1. The van der Waals surface area contributed by atoms with Gasteiger partial charge in [-0.2, -0.15) is 13.2 Å². The van der Waals surface area contributed by atoms with Crippen LogP contribution in [0.1, 0.15) is 10.9 Å². The highest BCUT2D eigenvalue weighted by molar-refractivity contribution is 7.10. The molecular weight excluding hydrogens is 293 g/mol. The van der Waals surface area contributed by atoms with E-state index in [0.717, 1.165) is 4.88 Å². The zero-order valence-corrected chi connectivity index (χ0v) is 12.1. The van der Waals surface area contributed by atoms with Gasteiger partial charge in [-0.15, -0.1) is 11.3 Å². The van der Waals surface area contributed by atoms with Crippen molar-refractivity contribution in [3.8, 4) is 0 Å². The first kappa shape index (κ1) is 16.9. The maximum absolute atomic E-state index is 11.8. The topological polar surface area (TPSA) is 41.6 Å². The molecule has 1 atom stereocenters. The summed E-state index contributed by atoms with van der Waals surface area (Å²) in [5, 5.41) is 4.50. The molecule has 0 aromatic carbocycles. The first-order valence-corrected chi connectivity index (χ1v) is 6.78. The number of carbonyl (C=O) groups excluding carboxylic acids is 1. The second-order valence-corrected chi connectivity index (χ2v) is 5.39. The predicted molar refractivity (Wildman–Crippen MR) is 70.6 cm³/mol. The average molecular weight is 310 g/mol. The molecule has 0 radical (unpaired) electrons. The Kier molecular flexibility index (Phi) is 6.44. The Labute approximate surface area is 119 Å². The molecule has 0 saturated heterocycles.